The molecule has 1 aliphatic rings. The van der Waals surface area contributed by atoms with Gasteiger partial charge in [-0.05, 0) is 12.1 Å². The van der Waals surface area contributed by atoms with Crippen molar-refractivity contribution in [1.82, 2.24) is 9.55 Å². The second-order valence-electron chi connectivity index (χ2n) is 5.68. The van der Waals surface area contributed by atoms with Crippen molar-refractivity contribution in [3.8, 4) is 11.1 Å². The maximum Gasteiger partial charge on any atom is 0.339 e. The highest BCUT2D eigenvalue weighted by molar-refractivity contribution is 6.32. The van der Waals surface area contributed by atoms with E-state index in [1.54, 1.807) is 25.4 Å². The number of methoxy groups -OCH3 is 1. The lowest BCUT2D eigenvalue weighted by Crippen LogP contribution is -2.40. The van der Waals surface area contributed by atoms with E-state index in [-0.39, 0.29) is 10.7 Å². The van der Waals surface area contributed by atoms with Crippen molar-refractivity contribution in [2.45, 2.75) is 0 Å². The van der Waals surface area contributed by atoms with Crippen molar-refractivity contribution in [2.75, 3.05) is 38.3 Å². The van der Waals surface area contributed by atoms with Crippen molar-refractivity contribution >= 4 is 23.3 Å². The fourth-order valence-corrected chi connectivity index (χ4v) is 2.96. The molecule has 1 fully saturated rings. The molecule has 7 nitrogen and oxygen atoms in total. The summed E-state index contributed by atoms with van der Waals surface area (Å²) in [5, 5.41) is 0.249. The summed E-state index contributed by atoms with van der Waals surface area (Å²) in [5.74, 6) is -0.497. The SMILES string of the molecule is COC(=O)c1cnc(Cl)c(-c2cc(N3CCOCC3)c(=O)n(C)c2)c1. The number of rotatable bonds is 3. The van der Waals surface area contributed by atoms with Crippen LogP contribution in [0.25, 0.3) is 11.1 Å². The van der Waals surface area contributed by atoms with E-state index >= 15 is 0 Å². The van der Waals surface area contributed by atoms with Crippen LogP contribution >= 0.6 is 11.6 Å². The van der Waals surface area contributed by atoms with Crippen LogP contribution in [0.4, 0.5) is 5.69 Å². The van der Waals surface area contributed by atoms with Gasteiger partial charge in [0.2, 0.25) is 0 Å². The van der Waals surface area contributed by atoms with Crippen molar-refractivity contribution < 1.29 is 14.3 Å². The highest BCUT2D eigenvalue weighted by Crippen LogP contribution is 2.29. The van der Waals surface area contributed by atoms with Gasteiger partial charge in [-0.25, -0.2) is 9.78 Å². The van der Waals surface area contributed by atoms with E-state index in [4.69, 9.17) is 21.1 Å². The summed E-state index contributed by atoms with van der Waals surface area (Å²) in [6, 6.07) is 3.39. The lowest BCUT2D eigenvalue weighted by atomic mass is 10.1. The molecule has 0 unspecified atom stereocenters. The first-order valence-electron chi connectivity index (χ1n) is 7.79. The van der Waals surface area contributed by atoms with E-state index in [2.05, 4.69) is 4.98 Å². The number of carbonyl (C=O) groups is 1. The van der Waals surface area contributed by atoms with Crippen LogP contribution in [0, 0.1) is 0 Å². The van der Waals surface area contributed by atoms with Crippen molar-refractivity contribution in [1.29, 1.82) is 0 Å². The van der Waals surface area contributed by atoms with Crippen molar-refractivity contribution in [2.24, 2.45) is 7.05 Å². The molecule has 0 N–H and O–H groups in total. The molecule has 0 aliphatic carbocycles. The van der Waals surface area contributed by atoms with E-state index < -0.39 is 5.97 Å². The highest BCUT2D eigenvalue weighted by Gasteiger charge is 2.18. The molecule has 0 radical (unpaired) electrons. The number of carbonyl (C=O) groups excluding carboxylic acids is 1. The molecule has 0 amide bonds. The average molecular weight is 364 g/mol. The lowest BCUT2D eigenvalue weighted by molar-refractivity contribution is 0.0600. The number of aryl methyl sites for hydroxylation is 1. The molecule has 8 heteroatoms. The lowest BCUT2D eigenvalue weighted by Gasteiger charge is -2.28. The minimum atomic E-state index is -0.497. The molecular weight excluding hydrogens is 346 g/mol. The van der Waals surface area contributed by atoms with E-state index in [0.717, 1.165) is 0 Å². The van der Waals surface area contributed by atoms with E-state index in [1.807, 2.05) is 4.90 Å². The Balaban J connectivity index is 2.10. The fraction of sp³-hybridized carbons (Fsp3) is 0.353. The first-order valence-corrected chi connectivity index (χ1v) is 8.16. The van der Waals surface area contributed by atoms with Gasteiger partial charge in [0.1, 0.15) is 10.8 Å². The third-order valence-corrected chi connectivity index (χ3v) is 4.39. The number of hydrogen-bond donors (Lipinski definition) is 0. The molecule has 3 heterocycles. The van der Waals surface area contributed by atoms with Crippen molar-refractivity contribution in [3.63, 3.8) is 0 Å². The Kier molecular flexibility index (Phi) is 5.06. The number of nitrogens with zero attached hydrogens (tertiary/aromatic N) is 3. The average Bonchev–Trinajstić information content (AvgIpc) is 2.64. The molecule has 3 rings (SSSR count). The Labute approximate surface area is 149 Å². The molecule has 2 aromatic rings. The maximum atomic E-state index is 12.5. The van der Waals surface area contributed by atoms with Gasteiger partial charge >= 0.3 is 5.97 Å². The van der Waals surface area contributed by atoms with Crippen LogP contribution in [0.1, 0.15) is 10.4 Å². The van der Waals surface area contributed by atoms with Crippen LogP contribution in [-0.2, 0) is 16.5 Å². The zero-order valence-corrected chi connectivity index (χ0v) is 14.7. The molecule has 1 saturated heterocycles. The van der Waals surface area contributed by atoms with Crippen LogP contribution in [-0.4, -0.2) is 48.9 Å². The number of esters is 1. The quantitative estimate of drug-likeness (QED) is 0.610. The zero-order chi connectivity index (χ0) is 18.0. The van der Waals surface area contributed by atoms with E-state index in [1.165, 1.54) is 17.9 Å². The summed E-state index contributed by atoms with van der Waals surface area (Å²) >= 11 is 6.22. The Morgan fingerprint density at radius 2 is 2.04 bits per heavy atom. The number of halogens is 1. The maximum absolute atomic E-state index is 12.5. The van der Waals surface area contributed by atoms with Gasteiger partial charge in [-0.1, -0.05) is 11.6 Å². The van der Waals surface area contributed by atoms with Gasteiger partial charge in [-0.15, -0.1) is 0 Å². The number of aromatic nitrogens is 2. The minimum Gasteiger partial charge on any atom is -0.465 e. The van der Waals surface area contributed by atoms with Crippen LogP contribution in [0.5, 0.6) is 0 Å². The van der Waals surface area contributed by atoms with Gasteiger partial charge in [-0.3, -0.25) is 4.79 Å². The van der Waals surface area contributed by atoms with Gasteiger partial charge < -0.3 is 18.9 Å². The Bertz CT molecular complexity index is 859. The molecule has 132 valence electrons. The largest absolute Gasteiger partial charge is 0.465 e. The molecule has 0 bridgehead atoms. The topological polar surface area (TPSA) is 73.7 Å². The van der Waals surface area contributed by atoms with Crippen LogP contribution in [0.15, 0.2) is 29.3 Å². The van der Waals surface area contributed by atoms with Gasteiger partial charge in [0.25, 0.3) is 5.56 Å². The predicted molar refractivity (Wildman–Crippen MR) is 94.3 cm³/mol. The normalized spacial score (nSPS) is 14.4. The number of pyridine rings is 2. The fourth-order valence-electron chi connectivity index (χ4n) is 2.75. The first-order chi connectivity index (χ1) is 12.0. The second-order valence-corrected chi connectivity index (χ2v) is 6.04. The molecular formula is C17H18ClN3O4. The Morgan fingerprint density at radius 3 is 2.72 bits per heavy atom. The van der Waals surface area contributed by atoms with Gasteiger partial charge in [0, 0.05) is 43.7 Å². The van der Waals surface area contributed by atoms with Crippen LogP contribution in [0.2, 0.25) is 5.15 Å². The molecule has 0 aromatic carbocycles. The molecule has 0 saturated carbocycles. The minimum absolute atomic E-state index is 0.0983. The summed E-state index contributed by atoms with van der Waals surface area (Å²) in [5.41, 5.74) is 2.03. The van der Waals surface area contributed by atoms with E-state index in [9.17, 15) is 9.59 Å². The number of hydrogen-bond acceptors (Lipinski definition) is 6. The third kappa shape index (κ3) is 3.52. The smallest absolute Gasteiger partial charge is 0.339 e. The summed E-state index contributed by atoms with van der Waals surface area (Å²) in [7, 11) is 2.99. The second kappa shape index (κ2) is 7.25. The van der Waals surface area contributed by atoms with Gasteiger partial charge in [0.05, 0.1) is 25.9 Å². The first kappa shape index (κ1) is 17.4. The highest BCUT2D eigenvalue weighted by atomic mass is 35.5. The monoisotopic (exact) mass is 363 g/mol. The van der Waals surface area contributed by atoms with Crippen LogP contribution < -0.4 is 10.5 Å². The number of ether oxygens (including phenoxy) is 2. The molecule has 2 aromatic heterocycles. The van der Waals surface area contributed by atoms with E-state index in [0.29, 0.717) is 48.7 Å². The standard InChI is InChI=1S/C17H18ClN3O4/c1-20-10-12(8-14(16(20)22)21-3-5-25-6-4-21)13-7-11(17(23)24-2)9-19-15(13)18/h7-10H,3-6H2,1-2H3. The van der Waals surface area contributed by atoms with Crippen LogP contribution in [0.3, 0.4) is 0 Å². The summed E-state index contributed by atoms with van der Waals surface area (Å²) in [4.78, 5) is 30.3. The number of morpholine rings is 1. The summed E-state index contributed by atoms with van der Waals surface area (Å²) < 4.78 is 11.6. The molecule has 0 spiro atoms. The third-order valence-electron chi connectivity index (χ3n) is 4.09. The Morgan fingerprint density at radius 1 is 1.32 bits per heavy atom. The Hall–Kier alpha value is -2.38. The number of anilines is 1. The molecule has 1 aliphatic heterocycles. The zero-order valence-electron chi connectivity index (χ0n) is 14.0. The van der Waals surface area contributed by atoms with Gasteiger partial charge in [0.15, 0.2) is 0 Å². The predicted octanol–water partition coefficient (Wildman–Crippen LogP) is 1.72. The summed E-state index contributed by atoms with van der Waals surface area (Å²) in [6.07, 6.45) is 3.04. The molecule has 0 atom stereocenters. The van der Waals surface area contributed by atoms with Crippen molar-refractivity contribution in [3.05, 3.63) is 45.6 Å². The van der Waals surface area contributed by atoms with Gasteiger partial charge in [-0.2, -0.15) is 0 Å². The molecule has 25 heavy (non-hydrogen) atoms. The summed E-state index contributed by atoms with van der Waals surface area (Å²) in [6.45, 7) is 2.45.